The second-order valence-electron chi connectivity index (χ2n) is 12.7. The highest BCUT2D eigenvalue weighted by molar-refractivity contribution is 7.89. The van der Waals surface area contributed by atoms with Gasteiger partial charge in [-0.2, -0.15) is 4.31 Å². The number of nitrogens with one attached hydrogen (secondary N) is 1. The van der Waals surface area contributed by atoms with Crippen LogP contribution in [0.15, 0.2) is 64.9 Å². The molecule has 2 N–H and O–H groups in total. The molecule has 1 saturated heterocycles. The smallest absolute Gasteiger partial charge is 0.328 e. The van der Waals surface area contributed by atoms with Crippen molar-refractivity contribution in [2.24, 2.45) is 11.8 Å². The molecule has 4 amide bonds. The summed E-state index contributed by atoms with van der Waals surface area (Å²) >= 11 is 1.42. The number of aliphatic hydroxyl groups excluding tert-OH is 1. The molecule has 1 fully saturated rings. The molecule has 12 nitrogen and oxygen atoms in total. The van der Waals surface area contributed by atoms with Crippen LogP contribution in [-0.4, -0.2) is 95.4 Å². The minimum absolute atomic E-state index is 0.00857. The SMILES string of the molecule is COc1ccc(S(=O)(=O)N(CC(C)C)C[C@@H](O)[C@H](Cc2ccccc2)NC(=O)[C@H](C(C)C)N2CC(=O)N(Cc3csc(C)n3)C2=O)cc1. The van der Waals surface area contributed by atoms with Crippen LogP contribution in [0.5, 0.6) is 5.75 Å². The first-order chi connectivity index (χ1) is 22.7. The summed E-state index contributed by atoms with van der Waals surface area (Å²) < 4.78 is 34.0. The first kappa shape index (κ1) is 37.0. The van der Waals surface area contributed by atoms with Crippen LogP contribution in [0, 0.1) is 18.8 Å². The number of imide groups is 1. The maximum absolute atomic E-state index is 14.0. The van der Waals surface area contributed by atoms with Crippen molar-refractivity contribution in [3.05, 3.63) is 76.2 Å². The molecule has 0 radical (unpaired) electrons. The molecular weight excluding hydrogens is 655 g/mol. The van der Waals surface area contributed by atoms with Gasteiger partial charge in [-0.1, -0.05) is 58.0 Å². The Labute approximate surface area is 286 Å². The van der Waals surface area contributed by atoms with Crippen molar-refractivity contribution in [2.45, 2.75) is 70.7 Å². The van der Waals surface area contributed by atoms with Crippen molar-refractivity contribution in [1.82, 2.24) is 24.4 Å². The quantitative estimate of drug-likeness (QED) is 0.215. The van der Waals surface area contributed by atoms with Crippen molar-refractivity contribution in [2.75, 3.05) is 26.7 Å². The summed E-state index contributed by atoms with van der Waals surface area (Å²) in [4.78, 5) is 47.3. The monoisotopic (exact) mass is 699 g/mol. The van der Waals surface area contributed by atoms with Crippen LogP contribution in [0.25, 0.3) is 0 Å². The summed E-state index contributed by atoms with van der Waals surface area (Å²) in [6.45, 7) is 8.74. The van der Waals surface area contributed by atoms with Crippen LogP contribution in [0.1, 0.15) is 44.0 Å². The van der Waals surface area contributed by atoms with E-state index >= 15 is 0 Å². The number of aliphatic hydroxyl groups is 1. The van der Waals surface area contributed by atoms with Crippen LogP contribution in [-0.2, 0) is 32.6 Å². The Morgan fingerprint density at radius 1 is 1.06 bits per heavy atom. The Hall–Kier alpha value is -3.85. The van der Waals surface area contributed by atoms with E-state index < -0.39 is 46.1 Å². The number of hydrogen-bond acceptors (Lipinski definition) is 9. The van der Waals surface area contributed by atoms with Crippen molar-refractivity contribution in [3.63, 3.8) is 0 Å². The van der Waals surface area contributed by atoms with Gasteiger partial charge in [0.15, 0.2) is 0 Å². The van der Waals surface area contributed by atoms with E-state index in [1.54, 1.807) is 31.4 Å². The normalized spacial score (nSPS) is 15.8. The maximum Gasteiger partial charge on any atom is 0.328 e. The highest BCUT2D eigenvalue weighted by Gasteiger charge is 2.44. The Bertz CT molecular complexity index is 1660. The molecule has 14 heteroatoms. The van der Waals surface area contributed by atoms with Gasteiger partial charge in [0.05, 0.1) is 41.4 Å². The molecule has 1 aliphatic rings. The molecule has 1 aliphatic heterocycles. The average molecular weight is 700 g/mol. The standard InChI is InChI=1S/C34H45N5O7S2/c1-22(2)17-37(48(44,45)28-14-12-27(46-6)13-15-28)19-30(40)29(16-25-10-8-7-9-11-25)36-33(42)32(23(3)4)39-20-31(41)38(34(39)43)18-26-21-47-24(5)35-26/h7-15,21-23,29-30,32,40H,16-20H2,1-6H3,(H,36,42)/t29-,30+,32-/m0/s1. The molecule has 3 aromatic rings. The maximum atomic E-state index is 14.0. The zero-order valence-corrected chi connectivity index (χ0v) is 29.8. The molecular formula is C34H45N5O7S2. The van der Waals surface area contributed by atoms with Gasteiger partial charge < -0.3 is 20.1 Å². The summed E-state index contributed by atoms with van der Waals surface area (Å²) in [5, 5.41) is 17.2. The lowest BCUT2D eigenvalue weighted by Crippen LogP contribution is -2.57. The molecule has 0 bridgehead atoms. The number of methoxy groups -OCH3 is 1. The van der Waals surface area contributed by atoms with Crippen LogP contribution in [0.2, 0.25) is 0 Å². The van der Waals surface area contributed by atoms with Gasteiger partial charge in [-0.05, 0) is 55.0 Å². The fourth-order valence-electron chi connectivity index (χ4n) is 5.71. The van der Waals surface area contributed by atoms with Gasteiger partial charge in [0.25, 0.3) is 5.91 Å². The van der Waals surface area contributed by atoms with E-state index in [1.165, 1.54) is 39.8 Å². The molecule has 2 heterocycles. The molecule has 260 valence electrons. The molecule has 0 saturated carbocycles. The molecule has 48 heavy (non-hydrogen) atoms. The highest BCUT2D eigenvalue weighted by atomic mass is 32.2. The molecule has 0 unspecified atom stereocenters. The van der Waals surface area contributed by atoms with Crippen molar-refractivity contribution < 1.29 is 32.6 Å². The fourth-order valence-corrected chi connectivity index (χ4v) is 7.94. The lowest BCUT2D eigenvalue weighted by molar-refractivity contribution is -0.129. The van der Waals surface area contributed by atoms with Crippen molar-refractivity contribution in [3.8, 4) is 5.75 Å². The predicted molar refractivity (Wildman–Crippen MR) is 183 cm³/mol. The van der Waals surface area contributed by atoms with Crippen LogP contribution in [0.3, 0.4) is 0 Å². The Balaban J connectivity index is 1.59. The van der Waals surface area contributed by atoms with Crippen LogP contribution in [0.4, 0.5) is 4.79 Å². The van der Waals surface area contributed by atoms with E-state index in [9.17, 15) is 27.9 Å². The first-order valence-electron chi connectivity index (χ1n) is 15.9. The van der Waals surface area contributed by atoms with E-state index in [0.29, 0.717) is 11.4 Å². The minimum atomic E-state index is -4.03. The van der Waals surface area contributed by atoms with Gasteiger partial charge in [0.2, 0.25) is 15.9 Å². The van der Waals surface area contributed by atoms with E-state index in [2.05, 4.69) is 10.3 Å². The number of aromatic nitrogens is 1. The number of carbonyl (C=O) groups is 3. The number of carbonyl (C=O) groups excluding carboxylic acids is 3. The third kappa shape index (κ3) is 8.98. The van der Waals surface area contributed by atoms with Crippen molar-refractivity contribution in [1.29, 1.82) is 0 Å². The summed E-state index contributed by atoms with van der Waals surface area (Å²) in [6.07, 6.45) is -1.13. The number of benzene rings is 2. The Morgan fingerprint density at radius 2 is 1.73 bits per heavy atom. The molecule has 1 aromatic heterocycles. The summed E-state index contributed by atoms with van der Waals surface area (Å²) in [6, 6.07) is 12.7. The lowest BCUT2D eigenvalue weighted by Gasteiger charge is -2.34. The fraction of sp³-hybridized carbons (Fsp3) is 0.471. The van der Waals surface area contributed by atoms with E-state index in [-0.39, 0.29) is 49.3 Å². The van der Waals surface area contributed by atoms with Crippen LogP contribution < -0.4 is 10.1 Å². The zero-order valence-electron chi connectivity index (χ0n) is 28.2. The average Bonchev–Trinajstić information content (AvgIpc) is 3.57. The zero-order chi connectivity index (χ0) is 35.2. The summed E-state index contributed by atoms with van der Waals surface area (Å²) in [5.74, 6) is -0.920. The third-order valence-electron chi connectivity index (χ3n) is 8.05. The minimum Gasteiger partial charge on any atom is -0.497 e. The number of amides is 4. The predicted octanol–water partition coefficient (Wildman–Crippen LogP) is 3.68. The molecule has 0 aliphatic carbocycles. The lowest BCUT2D eigenvalue weighted by atomic mass is 9.97. The molecule has 4 rings (SSSR count). The van der Waals surface area contributed by atoms with Crippen LogP contribution >= 0.6 is 11.3 Å². The number of sulfonamides is 1. The highest BCUT2D eigenvalue weighted by Crippen LogP contribution is 2.24. The second-order valence-corrected chi connectivity index (χ2v) is 15.7. The van der Waals surface area contributed by atoms with Gasteiger partial charge in [-0.15, -0.1) is 11.3 Å². The molecule has 3 atom stereocenters. The Morgan fingerprint density at radius 3 is 2.29 bits per heavy atom. The van der Waals surface area contributed by atoms with Gasteiger partial charge in [-0.3, -0.25) is 14.5 Å². The molecule has 2 aromatic carbocycles. The number of ether oxygens (including phenoxy) is 1. The second kappa shape index (κ2) is 16.0. The number of rotatable bonds is 16. The summed E-state index contributed by atoms with van der Waals surface area (Å²) in [7, 11) is -2.54. The van der Waals surface area contributed by atoms with E-state index in [4.69, 9.17) is 4.74 Å². The van der Waals surface area contributed by atoms with E-state index in [0.717, 1.165) is 15.5 Å². The van der Waals surface area contributed by atoms with Gasteiger partial charge >= 0.3 is 6.03 Å². The third-order valence-corrected chi connectivity index (χ3v) is 10.7. The van der Waals surface area contributed by atoms with Gasteiger partial charge in [-0.25, -0.2) is 18.2 Å². The first-order valence-corrected chi connectivity index (χ1v) is 18.2. The summed E-state index contributed by atoms with van der Waals surface area (Å²) in [5.41, 5.74) is 1.40. The topological polar surface area (TPSA) is 149 Å². The largest absolute Gasteiger partial charge is 0.497 e. The number of urea groups is 1. The number of hydrogen-bond donors (Lipinski definition) is 2. The number of thiazole rings is 1. The Kier molecular flexibility index (Phi) is 12.4. The number of nitrogens with zero attached hydrogens (tertiary/aromatic N) is 4. The van der Waals surface area contributed by atoms with Crippen molar-refractivity contribution >= 4 is 39.2 Å². The number of aryl methyl sites for hydroxylation is 1. The molecule has 0 spiro atoms. The van der Waals surface area contributed by atoms with Gasteiger partial charge in [0, 0.05) is 18.5 Å². The van der Waals surface area contributed by atoms with Gasteiger partial charge in [0.1, 0.15) is 18.3 Å². The van der Waals surface area contributed by atoms with E-state index in [1.807, 2.05) is 51.1 Å².